The van der Waals surface area contributed by atoms with Crippen LogP contribution in [-0.2, 0) is 29.9 Å². The van der Waals surface area contributed by atoms with Crippen LogP contribution in [0, 0.1) is 11.3 Å². The van der Waals surface area contributed by atoms with Gasteiger partial charge in [0, 0.05) is 24.5 Å². The van der Waals surface area contributed by atoms with Crippen LogP contribution in [0.3, 0.4) is 0 Å². The first-order valence-corrected chi connectivity index (χ1v) is 28.2. The van der Waals surface area contributed by atoms with Gasteiger partial charge in [-0.05, 0) is 113 Å². The molecular formula is C45H69NO8SSi2. The van der Waals surface area contributed by atoms with Crippen LogP contribution in [0.2, 0.25) is 43.8 Å². The molecule has 5 atom stereocenters. The highest BCUT2D eigenvalue weighted by Gasteiger charge is 2.67. The quantitative estimate of drug-likeness (QED) is 0.0409. The lowest BCUT2D eigenvalue weighted by atomic mass is 9.73. The fraction of sp³-hybridized carbons (Fsp3) is 0.622. The fourth-order valence-corrected chi connectivity index (χ4v) is 11.2. The zero-order chi connectivity index (χ0) is 42.7. The molecule has 4 rings (SSSR count). The van der Waals surface area contributed by atoms with E-state index in [1.807, 2.05) is 26.8 Å². The summed E-state index contributed by atoms with van der Waals surface area (Å²) in [4.78, 5) is 43.2. The molecule has 1 aromatic carbocycles. The molecule has 1 aromatic rings. The average molecular weight is 840 g/mol. The molecule has 0 spiro atoms. The minimum absolute atomic E-state index is 0.0377. The van der Waals surface area contributed by atoms with E-state index in [0.717, 1.165) is 55.7 Å². The van der Waals surface area contributed by atoms with Gasteiger partial charge in [-0.1, -0.05) is 95.7 Å². The Labute approximate surface area is 348 Å². The van der Waals surface area contributed by atoms with Crippen molar-refractivity contribution in [2.45, 2.75) is 155 Å². The summed E-state index contributed by atoms with van der Waals surface area (Å²) in [5, 5.41) is 11.0. The van der Waals surface area contributed by atoms with E-state index in [1.165, 1.54) is 17.3 Å². The van der Waals surface area contributed by atoms with Gasteiger partial charge in [0.25, 0.3) is 0 Å². The van der Waals surface area contributed by atoms with Gasteiger partial charge in [-0.25, -0.2) is 9.59 Å². The molecule has 1 saturated heterocycles. The summed E-state index contributed by atoms with van der Waals surface area (Å²) in [5.41, 5.74) is 3.03. The molecule has 2 aliphatic heterocycles. The maximum absolute atomic E-state index is 14.0. The van der Waals surface area contributed by atoms with Crippen molar-refractivity contribution >= 4 is 46.2 Å². The van der Waals surface area contributed by atoms with E-state index < -0.39 is 33.9 Å². The maximum atomic E-state index is 14.0. The van der Waals surface area contributed by atoms with E-state index in [9.17, 15) is 19.5 Å². The van der Waals surface area contributed by atoms with Gasteiger partial charge in [0.2, 0.25) is 5.91 Å². The second-order valence-electron chi connectivity index (χ2n) is 19.2. The summed E-state index contributed by atoms with van der Waals surface area (Å²) in [5.74, 6) is -0.443. The monoisotopic (exact) mass is 839 g/mol. The molecule has 0 aromatic heterocycles. The van der Waals surface area contributed by atoms with Gasteiger partial charge in [0.15, 0.2) is 8.32 Å². The first-order valence-electron chi connectivity index (χ1n) is 20.7. The number of aromatic hydroxyl groups is 1. The van der Waals surface area contributed by atoms with Gasteiger partial charge >= 0.3 is 12.1 Å². The van der Waals surface area contributed by atoms with Gasteiger partial charge in [-0.15, -0.1) is 0 Å². The molecule has 1 N–H and O–H groups in total. The Morgan fingerprint density at radius 3 is 2.44 bits per heavy atom. The van der Waals surface area contributed by atoms with Crippen molar-refractivity contribution in [2.24, 2.45) is 11.3 Å². The topological polar surface area (TPSA) is 112 Å². The zero-order valence-corrected chi connectivity index (χ0v) is 39.7. The summed E-state index contributed by atoms with van der Waals surface area (Å²) in [6, 6.07) is 4.44. The Kier molecular flexibility index (Phi) is 15.1. The van der Waals surface area contributed by atoms with Crippen LogP contribution in [0.25, 0.3) is 0 Å². The number of amides is 1. The first kappa shape index (κ1) is 46.6. The fourth-order valence-electron chi connectivity index (χ4n) is 7.42. The van der Waals surface area contributed by atoms with Gasteiger partial charge in [0.05, 0.1) is 12.7 Å². The van der Waals surface area contributed by atoms with E-state index >= 15 is 0 Å². The normalized spacial score (nSPS) is 23.2. The third kappa shape index (κ3) is 10.8. The van der Waals surface area contributed by atoms with E-state index in [4.69, 9.17) is 18.6 Å². The molecule has 12 heteroatoms. The molecule has 57 heavy (non-hydrogen) atoms. The Bertz CT molecular complexity index is 1790. The van der Waals surface area contributed by atoms with Crippen molar-refractivity contribution in [1.29, 1.82) is 0 Å². The Morgan fingerprint density at radius 1 is 1.14 bits per heavy atom. The zero-order valence-electron chi connectivity index (χ0n) is 36.9. The van der Waals surface area contributed by atoms with Crippen molar-refractivity contribution in [3.8, 4) is 11.5 Å². The number of rotatable bonds is 17. The van der Waals surface area contributed by atoms with Crippen molar-refractivity contribution in [1.82, 2.24) is 4.90 Å². The first-order chi connectivity index (χ1) is 26.4. The number of hydrogen-bond acceptors (Lipinski definition) is 9. The number of nitrogens with zero attached hydrogens (tertiary/aromatic N) is 1. The largest absolute Gasteiger partial charge is 0.514 e. The van der Waals surface area contributed by atoms with Gasteiger partial charge < -0.3 is 23.7 Å². The number of thioether (sulfide) groups is 1. The number of phenolic OH excluding ortho intramolecular Hbond substituents is 1. The number of esters is 1. The highest BCUT2D eigenvalue weighted by Crippen LogP contribution is 2.58. The van der Waals surface area contributed by atoms with Crippen LogP contribution in [-0.4, -0.2) is 69.1 Å². The summed E-state index contributed by atoms with van der Waals surface area (Å²) < 4.78 is 24.0. The van der Waals surface area contributed by atoms with Gasteiger partial charge in [-0.2, -0.15) is 0 Å². The van der Waals surface area contributed by atoms with Crippen molar-refractivity contribution < 1.29 is 38.1 Å². The molecule has 3 aliphatic rings. The van der Waals surface area contributed by atoms with Crippen molar-refractivity contribution in [3.05, 3.63) is 69.8 Å². The highest BCUT2D eigenvalue weighted by atomic mass is 32.2. The molecule has 0 unspecified atom stereocenters. The molecule has 1 amide bonds. The van der Waals surface area contributed by atoms with E-state index in [2.05, 4.69) is 80.0 Å². The Hall–Kier alpha value is -3.07. The predicted octanol–water partition coefficient (Wildman–Crippen LogP) is 11.6. The number of hydrogen-bond donors (Lipinski definition) is 1. The standard InChI is InChI=1S/C45H69NO8SSi2/c1-15-16-17-19-32-27-35(47)38(34-26-30(4)21-22-33(34)29(2)3)36(28-32)53-43(50)52-23-18-20-37-39(40(48)51-24-25-56(10,11)12)46-41(49)45(9,42(46)55-37)31(5)54-57(13,14)44(6,7)8/h18,20,26-28,31,33-34,42,47H,2,15-17,19,21-25H2,1,3-14H3/b20-18+/t31-,33+,34-,42-,45+/m1/s1. The van der Waals surface area contributed by atoms with E-state index in [0.29, 0.717) is 10.5 Å². The molecule has 0 saturated carbocycles. The summed E-state index contributed by atoms with van der Waals surface area (Å²) in [7, 11) is -3.68. The number of benzene rings is 1. The lowest BCUT2D eigenvalue weighted by molar-refractivity contribution is -0.170. The minimum atomic E-state index is -2.21. The van der Waals surface area contributed by atoms with Gasteiger partial charge in [-0.3, -0.25) is 9.69 Å². The molecule has 0 radical (unpaired) electrons. The molecule has 316 valence electrons. The lowest BCUT2D eigenvalue weighted by Crippen LogP contribution is -2.69. The van der Waals surface area contributed by atoms with Crippen molar-refractivity contribution in [2.75, 3.05) is 13.2 Å². The number of β-lactam (4-membered cyclic amide) rings is 1. The smallest absolute Gasteiger partial charge is 0.507 e. The van der Waals surface area contributed by atoms with Crippen LogP contribution >= 0.6 is 11.8 Å². The minimum Gasteiger partial charge on any atom is -0.507 e. The number of phenols is 1. The average Bonchev–Trinajstić information content (AvgIpc) is 3.45. The Balaban J connectivity index is 1.56. The summed E-state index contributed by atoms with van der Waals surface area (Å²) in [6.45, 7) is 32.0. The number of carbonyl (C=O) groups is 3. The highest BCUT2D eigenvalue weighted by molar-refractivity contribution is 8.04. The number of carbonyl (C=O) groups excluding carboxylic acids is 3. The van der Waals surface area contributed by atoms with E-state index in [-0.39, 0.29) is 64.7 Å². The SMILES string of the molecule is C=C(C)[C@@H]1CCC(C)=C[C@H]1c1c(O)cc(CCCCC)cc1OC(=O)OC/C=C/C1=C(C(=O)OCC[Si](C)(C)C)N2C(=O)[C@](C)([C@@H](C)O[Si](C)(C)C(C)(C)C)[C@H]2S1. The number of allylic oxidation sites excluding steroid dienone is 4. The van der Waals surface area contributed by atoms with Gasteiger partial charge in [0.1, 0.15) is 34.6 Å². The summed E-state index contributed by atoms with van der Waals surface area (Å²) in [6.07, 6.45) is 9.88. The number of aryl methyl sites for hydroxylation is 1. The third-order valence-corrected chi connectivity index (χ3v) is 20.0. The van der Waals surface area contributed by atoms with E-state index in [1.54, 1.807) is 23.1 Å². The molecular weight excluding hydrogens is 771 g/mol. The number of unbranched alkanes of at least 4 members (excludes halogenated alkanes) is 2. The lowest BCUT2D eigenvalue weighted by Gasteiger charge is -2.55. The summed E-state index contributed by atoms with van der Waals surface area (Å²) >= 11 is 1.43. The molecule has 9 nitrogen and oxygen atoms in total. The van der Waals surface area contributed by atoms with Crippen molar-refractivity contribution in [3.63, 3.8) is 0 Å². The maximum Gasteiger partial charge on any atom is 0.514 e. The molecule has 1 fully saturated rings. The second-order valence-corrected chi connectivity index (χ2v) is 30.7. The van der Waals surface area contributed by atoms with Crippen LogP contribution < -0.4 is 4.74 Å². The molecule has 0 bridgehead atoms. The van der Waals surface area contributed by atoms with Crippen LogP contribution in [0.4, 0.5) is 4.79 Å². The number of fused-ring (bicyclic) bond motifs is 1. The second kappa shape index (κ2) is 18.5. The molecule has 1 aliphatic carbocycles. The van der Waals surface area contributed by atoms with Crippen LogP contribution in [0.5, 0.6) is 11.5 Å². The molecule has 2 heterocycles. The Morgan fingerprint density at radius 2 is 1.82 bits per heavy atom. The van der Waals surface area contributed by atoms with Crippen LogP contribution in [0.1, 0.15) is 105 Å². The third-order valence-electron chi connectivity index (χ3n) is 12.3. The predicted molar refractivity (Wildman–Crippen MR) is 237 cm³/mol. The van der Waals surface area contributed by atoms with Crippen LogP contribution in [0.15, 0.2) is 58.7 Å². The number of ether oxygens (including phenoxy) is 3.